The van der Waals surface area contributed by atoms with Crippen molar-refractivity contribution in [3.63, 3.8) is 0 Å². The lowest BCUT2D eigenvalue weighted by molar-refractivity contribution is 0.102. The summed E-state index contributed by atoms with van der Waals surface area (Å²) in [5.41, 5.74) is 4.96. The highest BCUT2D eigenvalue weighted by Gasteiger charge is 2.27. The van der Waals surface area contributed by atoms with Gasteiger partial charge in [-0.2, -0.15) is 0 Å². The van der Waals surface area contributed by atoms with Crippen molar-refractivity contribution in [1.29, 1.82) is 0 Å². The molecule has 2 N–H and O–H groups in total. The third-order valence-electron chi connectivity index (χ3n) is 5.92. The van der Waals surface area contributed by atoms with E-state index in [4.69, 9.17) is 0 Å². The average molecular weight is 450 g/mol. The minimum absolute atomic E-state index is 0.0763. The van der Waals surface area contributed by atoms with Crippen molar-refractivity contribution in [3.05, 3.63) is 69.2 Å². The number of piperidine rings is 1. The first-order valence-corrected chi connectivity index (χ1v) is 11.6. The second-order valence-corrected chi connectivity index (χ2v) is 9.21. The van der Waals surface area contributed by atoms with Crippen molar-refractivity contribution < 1.29 is 9.59 Å². The molecule has 1 fully saturated rings. The van der Waals surface area contributed by atoms with E-state index in [1.807, 2.05) is 68.1 Å². The summed E-state index contributed by atoms with van der Waals surface area (Å²) in [6, 6.07) is 13.5. The number of benzene rings is 2. The van der Waals surface area contributed by atoms with Crippen molar-refractivity contribution in [3.8, 4) is 0 Å². The zero-order valence-electron chi connectivity index (χ0n) is 18.5. The third-order valence-corrected chi connectivity index (χ3v) is 7.01. The minimum atomic E-state index is -0.247. The standard InChI is InChI=1S/C24H27N5O2S/c1-15-7-9-19(10-8-15)25-21(30)23-28-27-22(32-23)18-11-13-29(14-12-18)24(31)26-20-6-4-5-16(2)17(20)3/h4-10,18H,11-14H2,1-3H3,(H,25,30)(H,26,31). The molecule has 1 aromatic heterocycles. The van der Waals surface area contributed by atoms with Crippen LogP contribution in [-0.2, 0) is 0 Å². The summed E-state index contributed by atoms with van der Waals surface area (Å²) in [5, 5.41) is 15.5. The van der Waals surface area contributed by atoms with Crippen LogP contribution in [0.4, 0.5) is 16.2 Å². The van der Waals surface area contributed by atoms with Crippen LogP contribution in [0.3, 0.4) is 0 Å². The summed E-state index contributed by atoms with van der Waals surface area (Å²) >= 11 is 1.33. The number of hydrogen-bond donors (Lipinski definition) is 2. The lowest BCUT2D eigenvalue weighted by Gasteiger charge is -2.31. The third kappa shape index (κ3) is 4.96. The molecule has 1 saturated heterocycles. The first-order chi connectivity index (χ1) is 15.4. The van der Waals surface area contributed by atoms with Crippen LogP contribution in [0, 0.1) is 20.8 Å². The molecule has 1 aliphatic rings. The van der Waals surface area contributed by atoms with Gasteiger partial charge in [-0.05, 0) is 62.9 Å². The largest absolute Gasteiger partial charge is 0.324 e. The van der Waals surface area contributed by atoms with Crippen LogP contribution < -0.4 is 10.6 Å². The molecule has 0 radical (unpaired) electrons. The van der Waals surface area contributed by atoms with E-state index in [0.29, 0.717) is 18.1 Å². The molecule has 0 aliphatic carbocycles. The number of carbonyl (C=O) groups is 2. The van der Waals surface area contributed by atoms with E-state index in [0.717, 1.165) is 45.9 Å². The van der Waals surface area contributed by atoms with Crippen molar-refractivity contribution >= 4 is 34.6 Å². The monoisotopic (exact) mass is 449 g/mol. The Hall–Kier alpha value is -3.26. The molecular weight excluding hydrogens is 422 g/mol. The van der Waals surface area contributed by atoms with Gasteiger partial charge in [-0.1, -0.05) is 41.2 Å². The highest BCUT2D eigenvalue weighted by molar-refractivity contribution is 7.13. The normalized spacial score (nSPS) is 14.3. The molecule has 2 aromatic carbocycles. The topological polar surface area (TPSA) is 87.2 Å². The second kappa shape index (κ2) is 9.48. The van der Waals surface area contributed by atoms with E-state index in [2.05, 4.69) is 20.8 Å². The molecule has 0 bridgehead atoms. The molecule has 0 spiro atoms. The minimum Gasteiger partial charge on any atom is -0.324 e. The first-order valence-electron chi connectivity index (χ1n) is 10.7. The molecule has 2 heterocycles. The summed E-state index contributed by atoms with van der Waals surface area (Å²) in [4.78, 5) is 27.0. The lowest BCUT2D eigenvalue weighted by Crippen LogP contribution is -2.40. The number of hydrogen-bond acceptors (Lipinski definition) is 5. The highest BCUT2D eigenvalue weighted by Crippen LogP contribution is 2.31. The van der Waals surface area contributed by atoms with Gasteiger partial charge in [-0.25, -0.2) is 4.79 Å². The molecule has 3 aromatic rings. The number of amides is 3. The van der Waals surface area contributed by atoms with Gasteiger partial charge in [0.2, 0.25) is 5.01 Å². The molecule has 0 unspecified atom stereocenters. The average Bonchev–Trinajstić information content (AvgIpc) is 3.29. The molecule has 4 rings (SSSR count). The van der Waals surface area contributed by atoms with E-state index < -0.39 is 0 Å². The Morgan fingerprint density at radius 1 is 0.969 bits per heavy atom. The number of nitrogens with zero attached hydrogens (tertiary/aromatic N) is 3. The smallest absolute Gasteiger partial charge is 0.321 e. The summed E-state index contributed by atoms with van der Waals surface area (Å²) < 4.78 is 0. The van der Waals surface area contributed by atoms with E-state index in [1.165, 1.54) is 11.3 Å². The Kier molecular flexibility index (Phi) is 6.50. The van der Waals surface area contributed by atoms with Crippen LogP contribution in [-0.4, -0.2) is 40.1 Å². The lowest BCUT2D eigenvalue weighted by atomic mass is 9.98. The van der Waals surface area contributed by atoms with Gasteiger partial charge in [0.25, 0.3) is 5.91 Å². The molecule has 3 amide bonds. The van der Waals surface area contributed by atoms with Gasteiger partial charge in [0.1, 0.15) is 5.01 Å². The Bertz CT molecular complexity index is 1120. The molecule has 0 atom stereocenters. The number of aromatic nitrogens is 2. The van der Waals surface area contributed by atoms with Gasteiger partial charge >= 0.3 is 6.03 Å². The maximum absolute atomic E-state index is 12.7. The zero-order chi connectivity index (χ0) is 22.7. The number of likely N-dealkylation sites (tertiary alicyclic amines) is 1. The number of aryl methyl sites for hydroxylation is 2. The molecule has 7 nitrogen and oxygen atoms in total. The van der Waals surface area contributed by atoms with Gasteiger partial charge in [0.05, 0.1) is 0 Å². The van der Waals surface area contributed by atoms with Crippen LogP contribution in [0.15, 0.2) is 42.5 Å². The SMILES string of the molecule is Cc1ccc(NC(=O)c2nnc(C3CCN(C(=O)Nc4cccc(C)c4C)CC3)s2)cc1. The Morgan fingerprint density at radius 3 is 2.41 bits per heavy atom. The van der Waals surface area contributed by atoms with Crippen molar-refractivity contribution in [2.75, 3.05) is 23.7 Å². The predicted molar refractivity (Wildman–Crippen MR) is 128 cm³/mol. The molecular formula is C24H27N5O2S. The van der Waals surface area contributed by atoms with Crippen LogP contribution in [0.2, 0.25) is 0 Å². The van der Waals surface area contributed by atoms with Gasteiger partial charge in [-0.15, -0.1) is 10.2 Å². The number of rotatable bonds is 4. The molecule has 32 heavy (non-hydrogen) atoms. The highest BCUT2D eigenvalue weighted by atomic mass is 32.1. The molecule has 8 heteroatoms. The van der Waals surface area contributed by atoms with E-state index in [9.17, 15) is 9.59 Å². The number of anilines is 2. The predicted octanol–water partition coefficient (Wildman–Crippen LogP) is 5.13. The summed E-state index contributed by atoms with van der Waals surface area (Å²) in [5.74, 6) is -0.0406. The van der Waals surface area contributed by atoms with Gasteiger partial charge in [0, 0.05) is 30.4 Å². The van der Waals surface area contributed by atoms with Gasteiger partial charge in [-0.3, -0.25) is 4.79 Å². The van der Waals surface area contributed by atoms with E-state index >= 15 is 0 Å². The molecule has 1 aliphatic heterocycles. The summed E-state index contributed by atoms with van der Waals surface area (Å²) in [6.45, 7) is 7.34. The fraction of sp³-hybridized carbons (Fsp3) is 0.333. The van der Waals surface area contributed by atoms with Crippen molar-refractivity contribution in [2.45, 2.75) is 39.5 Å². The van der Waals surface area contributed by atoms with Gasteiger partial charge in [0.15, 0.2) is 0 Å². The second-order valence-electron chi connectivity index (χ2n) is 8.20. The Balaban J connectivity index is 1.32. The van der Waals surface area contributed by atoms with Crippen LogP contribution in [0.5, 0.6) is 0 Å². The zero-order valence-corrected chi connectivity index (χ0v) is 19.3. The maximum atomic E-state index is 12.7. The van der Waals surface area contributed by atoms with E-state index in [-0.39, 0.29) is 17.9 Å². The number of urea groups is 1. The number of carbonyl (C=O) groups excluding carboxylic acids is 2. The summed E-state index contributed by atoms with van der Waals surface area (Å²) in [7, 11) is 0. The maximum Gasteiger partial charge on any atom is 0.321 e. The Labute approximate surface area is 191 Å². The quantitative estimate of drug-likeness (QED) is 0.578. The first kappa shape index (κ1) is 22.0. The molecule has 166 valence electrons. The fourth-order valence-corrected chi connectivity index (χ4v) is 4.63. The number of nitrogens with one attached hydrogen (secondary N) is 2. The van der Waals surface area contributed by atoms with Crippen molar-refractivity contribution in [1.82, 2.24) is 15.1 Å². The molecule has 0 saturated carbocycles. The van der Waals surface area contributed by atoms with E-state index in [1.54, 1.807) is 0 Å². The van der Waals surface area contributed by atoms with Crippen LogP contribution >= 0.6 is 11.3 Å². The van der Waals surface area contributed by atoms with Crippen molar-refractivity contribution in [2.24, 2.45) is 0 Å². The Morgan fingerprint density at radius 2 is 1.69 bits per heavy atom. The van der Waals surface area contributed by atoms with Crippen LogP contribution in [0.1, 0.15) is 50.3 Å². The fourth-order valence-electron chi connectivity index (χ4n) is 3.72. The summed E-state index contributed by atoms with van der Waals surface area (Å²) in [6.07, 6.45) is 1.60. The van der Waals surface area contributed by atoms with Gasteiger partial charge < -0.3 is 15.5 Å². The van der Waals surface area contributed by atoms with Crippen LogP contribution in [0.25, 0.3) is 0 Å².